The standard InChI is InChI=1S/C24H28BrN3O3S/c1-3-4-9-28-23(30)21(32-24(28)31)12-17-14-27(20-6-5-18(25)13-19(17)20)15-22(29)26-10-7-16(2)8-11-26/h5-6,12-14,16H,3-4,7-11,15H2,1-2H3/b21-12-. The van der Waals surface area contributed by atoms with Gasteiger partial charge in [-0.3, -0.25) is 19.3 Å². The van der Waals surface area contributed by atoms with Crippen LogP contribution in [0.25, 0.3) is 17.0 Å². The van der Waals surface area contributed by atoms with E-state index in [1.807, 2.05) is 40.8 Å². The van der Waals surface area contributed by atoms with Crippen LogP contribution in [-0.2, 0) is 16.1 Å². The number of benzene rings is 1. The number of amides is 3. The Kier molecular flexibility index (Phi) is 7.10. The van der Waals surface area contributed by atoms with Crippen molar-refractivity contribution in [2.75, 3.05) is 19.6 Å². The first-order valence-electron chi connectivity index (χ1n) is 11.2. The van der Waals surface area contributed by atoms with Crippen molar-refractivity contribution in [3.05, 3.63) is 39.3 Å². The van der Waals surface area contributed by atoms with Crippen LogP contribution in [0.5, 0.6) is 0 Å². The second-order valence-corrected chi connectivity index (χ2v) is 10.5. The van der Waals surface area contributed by atoms with Gasteiger partial charge in [0.2, 0.25) is 5.91 Å². The van der Waals surface area contributed by atoms with E-state index in [2.05, 4.69) is 22.9 Å². The molecule has 0 saturated carbocycles. The number of fused-ring (bicyclic) bond motifs is 1. The van der Waals surface area contributed by atoms with Gasteiger partial charge < -0.3 is 9.47 Å². The minimum absolute atomic E-state index is 0.114. The minimum atomic E-state index is -0.233. The molecule has 2 fully saturated rings. The van der Waals surface area contributed by atoms with Crippen molar-refractivity contribution in [1.82, 2.24) is 14.4 Å². The van der Waals surface area contributed by atoms with E-state index in [4.69, 9.17) is 0 Å². The summed E-state index contributed by atoms with van der Waals surface area (Å²) in [5.41, 5.74) is 1.77. The molecule has 0 aliphatic carbocycles. The fraction of sp³-hybridized carbons (Fsp3) is 0.458. The molecule has 1 aromatic carbocycles. The van der Waals surface area contributed by atoms with Crippen LogP contribution >= 0.6 is 27.7 Å². The molecule has 2 saturated heterocycles. The summed E-state index contributed by atoms with van der Waals surface area (Å²) in [4.78, 5) is 41.8. The lowest BCUT2D eigenvalue weighted by atomic mass is 9.99. The van der Waals surface area contributed by atoms with Crippen LogP contribution in [0.1, 0.15) is 45.1 Å². The first-order chi connectivity index (χ1) is 15.4. The van der Waals surface area contributed by atoms with Crippen molar-refractivity contribution in [2.24, 2.45) is 5.92 Å². The van der Waals surface area contributed by atoms with Crippen LogP contribution < -0.4 is 0 Å². The predicted octanol–water partition coefficient (Wildman–Crippen LogP) is 5.50. The van der Waals surface area contributed by atoms with Crippen LogP contribution in [0.3, 0.4) is 0 Å². The second kappa shape index (κ2) is 9.83. The number of piperidine rings is 1. The third-order valence-electron chi connectivity index (χ3n) is 6.21. The quantitative estimate of drug-likeness (QED) is 0.474. The highest BCUT2D eigenvalue weighted by atomic mass is 79.9. The number of hydrogen-bond acceptors (Lipinski definition) is 4. The Hall–Kier alpha value is -2.06. The maximum atomic E-state index is 12.9. The zero-order chi connectivity index (χ0) is 22.8. The third-order valence-corrected chi connectivity index (χ3v) is 7.61. The molecule has 3 heterocycles. The van der Waals surface area contributed by atoms with E-state index in [0.29, 0.717) is 17.4 Å². The SMILES string of the molecule is CCCCN1C(=O)S/C(=C\c2cn(CC(=O)N3CCC(C)CC3)c3ccc(Br)cc23)C1=O. The number of unbranched alkanes of at least 4 members (excludes halogenated alkanes) is 1. The Morgan fingerprint density at radius 1 is 1.25 bits per heavy atom. The van der Waals surface area contributed by atoms with E-state index >= 15 is 0 Å². The highest BCUT2D eigenvalue weighted by Crippen LogP contribution is 2.35. The molecule has 2 aromatic rings. The van der Waals surface area contributed by atoms with Gasteiger partial charge in [0.05, 0.1) is 4.91 Å². The molecule has 8 heteroatoms. The van der Waals surface area contributed by atoms with Gasteiger partial charge in [-0.25, -0.2) is 0 Å². The number of carbonyl (C=O) groups is 3. The summed E-state index contributed by atoms with van der Waals surface area (Å²) in [6, 6.07) is 5.93. The van der Waals surface area contributed by atoms with E-state index in [9.17, 15) is 14.4 Å². The maximum absolute atomic E-state index is 12.9. The monoisotopic (exact) mass is 517 g/mol. The molecule has 0 N–H and O–H groups in total. The van der Waals surface area contributed by atoms with E-state index in [-0.39, 0.29) is 23.6 Å². The number of aromatic nitrogens is 1. The van der Waals surface area contributed by atoms with Crippen LogP contribution in [0, 0.1) is 5.92 Å². The number of hydrogen-bond donors (Lipinski definition) is 0. The number of imide groups is 1. The Labute approximate surface area is 201 Å². The largest absolute Gasteiger partial charge is 0.341 e. The first kappa shape index (κ1) is 23.1. The highest BCUT2D eigenvalue weighted by molar-refractivity contribution is 9.10. The van der Waals surface area contributed by atoms with Crippen LogP contribution in [0.15, 0.2) is 33.8 Å². The summed E-state index contributed by atoms with van der Waals surface area (Å²) in [6.45, 7) is 6.60. The molecule has 0 unspecified atom stereocenters. The summed E-state index contributed by atoms with van der Waals surface area (Å²) < 4.78 is 2.87. The lowest BCUT2D eigenvalue weighted by Crippen LogP contribution is -2.39. The Balaban J connectivity index is 1.62. The number of likely N-dealkylation sites (tertiary alicyclic amines) is 1. The summed E-state index contributed by atoms with van der Waals surface area (Å²) in [5, 5.41) is 0.730. The number of thioether (sulfide) groups is 1. The summed E-state index contributed by atoms with van der Waals surface area (Å²) in [7, 11) is 0. The van der Waals surface area contributed by atoms with Crippen molar-refractivity contribution >= 4 is 61.7 Å². The van der Waals surface area contributed by atoms with Crippen molar-refractivity contribution < 1.29 is 14.4 Å². The third kappa shape index (κ3) is 4.81. The summed E-state index contributed by atoms with van der Waals surface area (Å²) >= 11 is 4.52. The van der Waals surface area contributed by atoms with Gasteiger partial charge in [0.1, 0.15) is 6.54 Å². The van der Waals surface area contributed by atoms with Crippen molar-refractivity contribution in [1.29, 1.82) is 0 Å². The molecule has 0 bridgehead atoms. The molecule has 1 aromatic heterocycles. The molecule has 2 aliphatic heterocycles. The van der Waals surface area contributed by atoms with E-state index < -0.39 is 0 Å². The zero-order valence-corrected chi connectivity index (χ0v) is 20.9. The average Bonchev–Trinajstić information content (AvgIpc) is 3.23. The molecule has 4 rings (SSSR count). The molecule has 170 valence electrons. The number of rotatable bonds is 6. The second-order valence-electron chi connectivity index (χ2n) is 8.62. The molecular weight excluding hydrogens is 490 g/mol. The molecule has 0 atom stereocenters. The van der Waals surface area contributed by atoms with Gasteiger partial charge in [0, 0.05) is 46.8 Å². The van der Waals surface area contributed by atoms with Gasteiger partial charge in [-0.2, -0.15) is 0 Å². The van der Waals surface area contributed by atoms with Gasteiger partial charge in [-0.05, 0) is 61.2 Å². The number of halogens is 1. The van der Waals surface area contributed by atoms with Gasteiger partial charge in [0.25, 0.3) is 11.1 Å². The van der Waals surface area contributed by atoms with Gasteiger partial charge >= 0.3 is 0 Å². The Morgan fingerprint density at radius 2 is 2.00 bits per heavy atom. The molecule has 0 spiro atoms. The average molecular weight is 518 g/mol. The molecule has 6 nitrogen and oxygen atoms in total. The molecule has 32 heavy (non-hydrogen) atoms. The number of nitrogens with zero attached hydrogens (tertiary/aromatic N) is 3. The highest BCUT2D eigenvalue weighted by Gasteiger charge is 2.34. The smallest absolute Gasteiger partial charge is 0.293 e. The minimum Gasteiger partial charge on any atom is -0.341 e. The van der Waals surface area contributed by atoms with Gasteiger partial charge in [-0.15, -0.1) is 0 Å². The lowest BCUT2D eigenvalue weighted by molar-refractivity contribution is -0.133. The lowest BCUT2D eigenvalue weighted by Gasteiger charge is -2.30. The maximum Gasteiger partial charge on any atom is 0.293 e. The van der Waals surface area contributed by atoms with E-state index in [1.54, 1.807) is 6.08 Å². The van der Waals surface area contributed by atoms with Crippen molar-refractivity contribution in [3.63, 3.8) is 0 Å². The fourth-order valence-electron chi connectivity index (χ4n) is 4.20. The number of carbonyl (C=O) groups excluding carboxylic acids is 3. The fourth-order valence-corrected chi connectivity index (χ4v) is 5.41. The van der Waals surface area contributed by atoms with E-state index in [0.717, 1.165) is 71.5 Å². The van der Waals surface area contributed by atoms with Gasteiger partial charge in [-0.1, -0.05) is 36.2 Å². The van der Waals surface area contributed by atoms with Crippen LogP contribution in [-0.4, -0.2) is 51.1 Å². The molecule has 3 amide bonds. The predicted molar refractivity (Wildman–Crippen MR) is 132 cm³/mol. The van der Waals surface area contributed by atoms with Crippen LogP contribution in [0.4, 0.5) is 4.79 Å². The first-order valence-corrected chi connectivity index (χ1v) is 12.8. The van der Waals surface area contributed by atoms with E-state index in [1.165, 1.54) is 4.90 Å². The zero-order valence-electron chi connectivity index (χ0n) is 18.5. The summed E-state index contributed by atoms with van der Waals surface area (Å²) in [6.07, 6.45) is 7.52. The topological polar surface area (TPSA) is 62.6 Å². The van der Waals surface area contributed by atoms with Crippen LogP contribution in [0.2, 0.25) is 0 Å². The molecule has 2 aliphatic rings. The Morgan fingerprint density at radius 3 is 2.72 bits per heavy atom. The normalized spacial score (nSPS) is 19.0. The molecule has 0 radical (unpaired) electrons. The van der Waals surface area contributed by atoms with Crippen molar-refractivity contribution in [3.8, 4) is 0 Å². The Bertz CT molecular complexity index is 1090. The summed E-state index contributed by atoms with van der Waals surface area (Å²) in [5.74, 6) is 0.550. The van der Waals surface area contributed by atoms with Crippen molar-refractivity contribution in [2.45, 2.75) is 46.1 Å². The van der Waals surface area contributed by atoms with Gasteiger partial charge in [0.15, 0.2) is 0 Å². The molecular formula is C24H28BrN3O3S.